The first-order chi connectivity index (χ1) is 14.0. The lowest BCUT2D eigenvalue weighted by molar-refractivity contribution is -0.144. The van der Waals surface area contributed by atoms with Crippen LogP contribution in [-0.2, 0) is 27.4 Å². The molecule has 154 valence electrons. The van der Waals surface area contributed by atoms with E-state index in [0.29, 0.717) is 19.5 Å². The largest absolute Gasteiger partial charge is 0.508 e. The summed E-state index contributed by atoms with van der Waals surface area (Å²) >= 11 is 0. The maximum atomic E-state index is 12.9. The number of para-hydroxylation sites is 1. The average Bonchev–Trinajstić information content (AvgIpc) is 2.72. The number of carbonyl (C=O) groups is 2. The van der Waals surface area contributed by atoms with Crippen LogP contribution < -0.4 is 5.32 Å². The van der Waals surface area contributed by atoms with Crippen LogP contribution in [-0.4, -0.2) is 41.1 Å². The van der Waals surface area contributed by atoms with Gasteiger partial charge in [0.05, 0.1) is 12.6 Å². The lowest BCUT2D eigenvalue weighted by Gasteiger charge is -2.30. The third-order valence-electron chi connectivity index (χ3n) is 4.44. The van der Waals surface area contributed by atoms with E-state index in [1.165, 1.54) is 0 Å². The molecule has 0 aromatic heterocycles. The number of benzene rings is 2. The van der Waals surface area contributed by atoms with Crippen LogP contribution in [0, 0.1) is 0 Å². The summed E-state index contributed by atoms with van der Waals surface area (Å²) in [5, 5.41) is 12.9. The number of carbonyl (C=O) groups excluding carboxylic acids is 2. The van der Waals surface area contributed by atoms with E-state index in [9.17, 15) is 14.7 Å². The molecule has 29 heavy (non-hydrogen) atoms. The predicted molar refractivity (Wildman–Crippen MR) is 112 cm³/mol. The van der Waals surface area contributed by atoms with Gasteiger partial charge in [0, 0.05) is 18.7 Å². The molecule has 0 aliphatic rings. The fourth-order valence-electron chi connectivity index (χ4n) is 3.03. The maximum absolute atomic E-state index is 12.9. The summed E-state index contributed by atoms with van der Waals surface area (Å²) < 4.78 is 4.88. The van der Waals surface area contributed by atoms with Crippen LogP contribution >= 0.6 is 0 Å². The SMILES string of the molecule is C=CCC(C(=O)NCC(=O)OCC)N(Cc1ccccc1)Cc1ccccc1O. The number of rotatable bonds is 11. The van der Waals surface area contributed by atoms with Gasteiger partial charge in [0.1, 0.15) is 12.3 Å². The van der Waals surface area contributed by atoms with E-state index in [0.717, 1.165) is 11.1 Å². The number of hydrogen-bond donors (Lipinski definition) is 2. The molecule has 0 bridgehead atoms. The summed E-state index contributed by atoms with van der Waals surface area (Å²) in [6, 6.07) is 16.3. The van der Waals surface area contributed by atoms with E-state index in [1.807, 2.05) is 47.4 Å². The standard InChI is InChI=1S/C23H28N2O4/c1-3-10-20(23(28)24-15-22(27)29-4-2)25(16-18-11-6-5-7-12-18)17-19-13-8-9-14-21(19)26/h3,5-9,11-14,20,26H,1,4,10,15-17H2,2H3,(H,24,28). The molecule has 0 radical (unpaired) electrons. The van der Waals surface area contributed by atoms with Crippen molar-refractivity contribution in [3.05, 3.63) is 78.4 Å². The molecule has 2 N–H and O–H groups in total. The van der Waals surface area contributed by atoms with Gasteiger partial charge in [-0.2, -0.15) is 0 Å². The molecule has 0 fully saturated rings. The predicted octanol–water partition coefficient (Wildman–Crippen LogP) is 3.02. The Balaban J connectivity index is 2.23. The normalized spacial score (nSPS) is 11.7. The highest BCUT2D eigenvalue weighted by Crippen LogP contribution is 2.22. The Bertz CT molecular complexity index is 808. The zero-order valence-electron chi connectivity index (χ0n) is 16.7. The molecular formula is C23H28N2O4. The van der Waals surface area contributed by atoms with Gasteiger partial charge in [-0.1, -0.05) is 54.6 Å². The minimum absolute atomic E-state index is 0.176. The third-order valence-corrected chi connectivity index (χ3v) is 4.44. The van der Waals surface area contributed by atoms with Crippen molar-refractivity contribution in [2.24, 2.45) is 0 Å². The zero-order chi connectivity index (χ0) is 21.1. The number of nitrogens with one attached hydrogen (secondary N) is 1. The first kappa shape index (κ1) is 22.2. The Kier molecular flexibility index (Phi) is 8.92. The zero-order valence-corrected chi connectivity index (χ0v) is 16.7. The van der Waals surface area contributed by atoms with Gasteiger partial charge in [-0.25, -0.2) is 0 Å². The minimum atomic E-state index is -0.554. The summed E-state index contributed by atoms with van der Waals surface area (Å²) in [6.07, 6.45) is 2.08. The number of amides is 1. The molecule has 1 unspecified atom stereocenters. The number of phenolic OH excluding ortho intramolecular Hbond substituents is 1. The molecule has 2 rings (SSSR count). The van der Waals surface area contributed by atoms with Crippen LogP contribution in [0.3, 0.4) is 0 Å². The van der Waals surface area contributed by atoms with E-state index in [1.54, 1.807) is 25.1 Å². The van der Waals surface area contributed by atoms with Gasteiger partial charge in [0.15, 0.2) is 0 Å². The lowest BCUT2D eigenvalue weighted by atomic mass is 10.1. The Hall–Kier alpha value is -3.12. The van der Waals surface area contributed by atoms with Crippen LogP contribution in [0.15, 0.2) is 67.3 Å². The minimum Gasteiger partial charge on any atom is -0.508 e. The van der Waals surface area contributed by atoms with Crippen LogP contribution in [0.2, 0.25) is 0 Å². The molecule has 6 heteroatoms. The molecule has 1 atom stereocenters. The number of nitrogens with zero attached hydrogens (tertiary/aromatic N) is 1. The number of ether oxygens (including phenoxy) is 1. The molecule has 0 saturated heterocycles. The Morgan fingerprint density at radius 3 is 2.48 bits per heavy atom. The second kappa shape index (κ2) is 11.7. The van der Waals surface area contributed by atoms with Gasteiger partial charge >= 0.3 is 5.97 Å². The molecule has 2 aromatic rings. The monoisotopic (exact) mass is 396 g/mol. The van der Waals surface area contributed by atoms with Crippen molar-refractivity contribution in [1.82, 2.24) is 10.2 Å². The van der Waals surface area contributed by atoms with E-state index in [4.69, 9.17) is 4.74 Å². The first-order valence-electron chi connectivity index (χ1n) is 9.64. The van der Waals surface area contributed by atoms with Crippen molar-refractivity contribution in [3.63, 3.8) is 0 Å². The van der Waals surface area contributed by atoms with E-state index in [2.05, 4.69) is 11.9 Å². The summed E-state index contributed by atoms with van der Waals surface area (Å²) in [7, 11) is 0. The molecule has 0 saturated carbocycles. The number of esters is 1. The van der Waals surface area contributed by atoms with Crippen molar-refractivity contribution in [1.29, 1.82) is 0 Å². The molecule has 0 aliphatic carbocycles. The van der Waals surface area contributed by atoms with Crippen LogP contribution in [0.25, 0.3) is 0 Å². The third kappa shape index (κ3) is 7.08. The van der Waals surface area contributed by atoms with E-state index < -0.39 is 12.0 Å². The van der Waals surface area contributed by atoms with Gasteiger partial charge < -0.3 is 15.2 Å². The van der Waals surface area contributed by atoms with Gasteiger partial charge in [-0.05, 0) is 25.0 Å². The highest BCUT2D eigenvalue weighted by molar-refractivity contribution is 5.85. The molecule has 0 aliphatic heterocycles. The van der Waals surface area contributed by atoms with Crippen molar-refractivity contribution >= 4 is 11.9 Å². The van der Waals surface area contributed by atoms with Crippen molar-refractivity contribution < 1.29 is 19.4 Å². The smallest absolute Gasteiger partial charge is 0.325 e. The van der Waals surface area contributed by atoms with E-state index in [-0.39, 0.29) is 24.8 Å². The number of phenols is 1. The lowest BCUT2D eigenvalue weighted by Crippen LogP contribution is -2.47. The molecule has 2 aromatic carbocycles. The second-order valence-electron chi connectivity index (χ2n) is 6.58. The van der Waals surface area contributed by atoms with Gasteiger partial charge in [-0.15, -0.1) is 6.58 Å². The Labute approximate surface area is 171 Å². The molecule has 0 spiro atoms. The molecule has 0 heterocycles. The fraction of sp³-hybridized carbons (Fsp3) is 0.304. The number of aromatic hydroxyl groups is 1. The van der Waals surface area contributed by atoms with E-state index >= 15 is 0 Å². The van der Waals surface area contributed by atoms with Gasteiger partial charge in [0.2, 0.25) is 5.91 Å². The quantitative estimate of drug-likeness (QED) is 0.451. The molecular weight excluding hydrogens is 368 g/mol. The second-order valence-corrected chi connectivity index (χ2v) is 6.58. The summed E-state index contributed by atoms with van der Waals surface area (Å²) in [5.74, 6) is -0.590. The summed E-state index contributed by atoms with van der Waals surface area (Å²) in [4.78, 5) is 26.5. The highest BCUT2D eigenvalue weighted by Gasteiger charge is 2.26. The van der Waals surface area contributed by atoms with Crippen molar-refractivity contribution in [2.45, 2.75) is 32.5 Å². The van der Waals surface area contributed by atoms with Crippen molar-refractivity contribution in [2.75, 3.05) is 13.2 Å². The fourth-order valence-corrected chi connectivity index (χ4v) is 3.03. The highest BCUT2D eigenvalue weighted by atomic mass is 16.5. The van der Waals surface area contributed by atoms with Crippen molar-refractivity contribution in [3.8, 4) is 5.75 Å². The maximum Gasteiger partial charge on any atom is 0.325 e. The van der Waals surface area contributed by atoms with Gasteiger partial charge in [-0.3, -0.25) is 14.5 Å². The Morgan fingerprint density at radius 2 is 1.83 bits per heavy atom. The summed E-state index contributed by atoms with van der Waals surface area (Å²) in [5.41, 5.74) is 1.76. The molecule has 1 amide bonds. The molecule has 6 nitrogen and oxygen atoms in total. The average molecular weight is 396 g/mol. The summed E-state index contributed by atoms with van der Waals surface area (Å²) in [6.45, 7) is 6.44. The Morgan fingerprint density at radius 1 is 1.14 bits per heavy atom. The van der Waals surface area contributed by atoms with Crippen LogP contribution in [0.1, 0.15) is 24.5 Å². The van der Waals surface area contributed by atoms with Crippen LogP contribution in [0.4, 0.5) is 0 Å². The first-order valence-corrected chi connectivity index (χ1v) is 9.64. The van der Waals surface area contributed by atoms with Crippen LogP contribution in [0.5, 0.6) is 5.75 Å². The number of hydrogen-bond acceptors (Lipinski definition) is 5. The topological polar surface area (TPSA) is 78.9 Å². The van der Waals surface area contributed by atoms with Gasteiger partial charge in [0.25, 0.3) is 0 Å².